The van der Waals surface area contributed by atoms with Crippen LogP contribution in [-0.2, 0) is 4.79 Å². The molecule has 5 N–H and O–H groups in total. The summed E-state index contributed by atoms with van der Waals surface area (Å²) in [6.45, 7) is 0.0992. The van der Waals surface area contributed by atoms with Gasteiger partial charge in [-0.1, -0.05) is 0 Å². The number of benzene rings is 1. The predicted octanol–water partition coefficient (Wildman–Crippen LogP) is 1.50. The summed E-state index contributed by atoms with van der Waals surface area (Å²) in [5.41, 5.74) is 11.6. The first-order chi connectivity index (χ1) is 13.1. The summed E-state index contributed by atoms with van der Waals surface area (Å²) < 4.78 is 5.95. The van der Waals surface area contributed by atoms with E-state index in [2.05, 4.69) is 15.3 Å². The normalized spacial score (nSPS) is 15.3. The smallest absolute Gasteiger partial charge is 0.267 e. The van der Waals surface area contributed by atoms with Crippen molar-refractivity contribution >= 4 is 18.0 Å². The van der Waals surface area contributed by atoms with Crippen molar-refractivity contribution in [2.75, 3.05) is 11.9 Å². The molecule has 27 heavy (non-hydrogen) atoms. The fourth-order valence-electron chi connectivity index (χ4n) is 3.00. The number of amides is 1. The van der Waals surface area contributed by atoms with E-state index >= 15 is 0 Å². The SMILES string of the molecule is NCC(C=O)Nc1cc(C(N)=O)nc(-c2ccc(OC3CCCC3)cc2)n1. The fraction of sp³-hybridized carbons (Fsp3) is 0.368. The number of nitrogens with zero attached hydrogens (tertiary/aromatic N) is 2. The van der Waals surface area contributed by atoms with Gasteiger partial charge in [-0.05, 0) is 49.9 Å². The standard InChI is InChI=1S/C19H23N5O3/c20-10-13(11-25)22-17-9-16(18(21)26)23-19(24-17)12-5-7-15(8-6-12)27-14-3-1-2-4-14/h5-9,11,13-14H,1-4,10,20H2,(H2,21,26)(H,22,23,24). The van der Waals surface area contributed by atoms with Gasteiger partial charge in [-0.25, -0.2) is 9.97 Å². The maximum atomic E-state index is 11.6. The molecule has 3 rings (SSSR count). The van der Waals surface area contributed by atoms with Crippen LogP contribution in [-0.4, -0.2) is 40.9 Å². The van der Waals surface area contributed by atoms with E-state index < -0.39 is 11.9 Å². The zero-order valence-electron chi connectivity index (χ0n) is 14.9. The minimum absolute atomic E-state index is 0.0513. The molecular weight excluding hydrogens is 346 g/mol. The lowest BCUT2D eigenvalue weighted by Crippen LogP contribution is -2.30. The second-order valence-electron chi connectivity index (χ2n) is 6.50. The fourth-order valence-corrected chi connectivity index (χ4v) is 3.00. The molecule has 0 saturated heterocycles. The molecule has 1 aromatic heterocycles. The Labute approximate surface area is 157 Å². The van der Waals surface area contributed by atoms with Crippen LogP contribution < -0.4 is 21.5 Å². The molecule has 1 aromatic carbocycles. The Kier molecular flexibility index (Phi) is 5.97. The van der Waals surface area contributed by atoms with Gasteiger partial charge in [-0.15, -0.1) is 0 Å². The minimum atomic E-state index is -0.682. The Hall–Kier alpha value is -3.00. The van der Waals surface area contributed by atoms with Crippen LogP contribution in [0, 0.1) is 0 Å². The Bertz CT molecular complexity index is 803. The molecule has 1 amide bonds. The van der Waals surface area contributed by atoms with Crippen LogP contribution in [0.25, 0.3) is 11.4 Å². The molecular formula is C19H23N5O3. The van der Waals surface area contributed by atoms with E-state index in [1.807, 2.05) is 24.3 Å². The van der Waals surface area contributed by atoms with Gasteiger partial charge >= 0.3 is 0 Å². The van der Waals surface area contributed by atoms with Crippen molar-refractivity contribution in [3.05, 3.63) is 36.0 Å². The molecule has 1 aliphatic rings. The molecule has 1 heterocycles. The molecule has 1 unspecified atom stereocenters. The Balaban J connectivity index is 1.84. The highest BCUT2D eigenvalue weighted by molar-refractivity contribution is 5.92. The van der Waals surface area contributed by atoms with E-state index in [9.17, 15) is 9.59 Å². The van der Waals surface area contributed by atoms with Crippen molar-refractivity contribution < 1.29 is 14.3 Å². The number of anilines is 1. The number of hydrogen-bond acceptors (Lipinski definition) is 7. The summed E-state index contributed by atoms with van der Waals surface area (Å²) in [5.74, 6) is 0.739. The van der Waals surface area contributed by atoms with Crippen LogP contribution in [0.3, 0.4) is 0 Å². The molecule has 0 bridgehead atoms. The van der Waals surface area contributed by atoms with E-state index in [4.69, 9.17) is 16.2 Å². The third kappa shape index (κ3) is 4.79. The average Bonchev–Trinajstić information content (AvgIpc) is 3.19. The third-order valence-electron chi connectivity index (χ3n) is 4.45. The highest BCUT2D eigenvalue weighted by atomic mass is 16.5. The van der Waals surface area contributed by atoms with E-state index in [1.54, 1.807) is 0 Å². The highest BCUT2D eigenvalue weighted by Crippen LogP contribution is 2.26. The molecule has 1 atom stereocenters. The molecule has 0 aliphatic heterocycles. The predicted molar refractivity (Wildman–Crippen MR) is 101 cm³/mol. The first kappa shape index (κ1) is 18.8. The molecule has 1 saturated carbocycles. The van der Waals surface area contributed by atoms with Crippen LogP contribution >= 0.6 is 0 Å². The van der Waals surface area contributed by atoms with E-state index in [0.717, 1.165) is 18.6 Å². The number of primary amides is 1. The van der Waals surface area contributed by atoms with Crippen LogP contribution in [0.15, 0.2) is 30.3 Å². The Morgan fingerprint density at radius 1 is 1.26 bits per heavy atom. The molecule has 1 fully saturated rings. The first-order valence-corrected chi connectivity index (χ1v) is 8.97. The molecule has 0 radical (unpaired) electrons. The summed E-state index contributed by atoms with van der Waals surface area (Å²) >= 11 is 0. The molecule has 1 aliphatic carbocycles. The van der Waals surface area contributed by atoms with Gasteiger partial charge < -0.3 is 26.3 Å². The van der Waals surface area contributed by atoms with Crippen LogP contribution in [0.1, 0.15) is 36.2 Å². The summed E-state index contributed by atoms with van der Waals surface area (Å²) in [5, 5.41) is 2.87. The number of ether oxygens (including phenoxy) is 1. The van der Waals surface area contributed by atoms with Crippen molar-refractivity contribution in [3.8, 4) is 17.1 Å². The van der Waals surface area contributed by atoms with Gasteiger partial charge in [0, 0.05) is 18.2 Å². The lowest BCUT2D eigenvalue weighted by atomic mass is 10.2. The second kappa shape index (κ2) is 8.59. The van der Waals surface area contributed by atoms with Gasteiger partial charge in [-0.3, -0.25) is 4.79 Å². The van der Waals surface area contributed by atoms with Crippen LogP contribution in [0.2, 0.25) is 0 Å². The summed E-state index contributed by atoms with van der Waals surface area (Å²) in [6.07, 6.45) is 5.53. The van der Waals surface area contributed by atoms with Crippen molar-refractivity contribution in [3.63, 3.8) is 0 Å². The third-order valence-corrected chi connectivity index (χ3v) is 4.45. The lowest BCUT2D eigenvalue weighted by molar-refractivity contribution is -0.108. The number of nitrogens with one attached hydrogen (secondary N) is 1. The largest absolute Gasteiger partial charge is 0.490 e. The van der Waals surface area contributed by atoms with Gasteiger partial charge in [0.15, 0.2) is 5.82 Å². The monoisotopic (exact) mass is 369 g/mol. The van der Waals surface area contributed by atoms with Gasteiger partial charge in [0.2, 0.25) is 0 Å². The topological polar surface area (TPSA) is 133 Å². The number of carbonyl (C=O) groups is 2. The molecule has 0 spiro atoms. The van der Waals surface area contributed by atoms with Crippen LogP contribution in [0.4, 0.5) is 5.82 Å². The number of carbonyl (C=O) groups excluding carboxylic acids is 2. The molecule has 142 valence electrons. The Morgan fingerprint density at radius 3 is 2.56 bits per heavy atom. The van der Waals surface area contributed by atoms with E-state index in [-0.39, 0.29) is 18.3 Å². The van der Waals surface area contributed by atoms with E-state index in [0.29, 0.717) is 23.5 Å². The van der Waals surface area contributed by atoms with Gasteiger partial charge in [-0.2, -0.15) is 0 Å². The van der Waals surface area contributed by atoms with Gasteiger partial charge in [0.25, 0.3) is 5.91 Å². The average molecular weight is 369 g/mol. The first-order valence-electron chi connectivity index (χ1n) is 8.97. The molecule has 8 heteroatoms. The number of rotatable bonds is 8. The minimum Gasteiger partial charge on any atom is -0.490 e. The number of hydrogen-bond donors (Lipinski definition) is 3. The van der Waals surface area contributed by atoms with Crippen molar-refractivity contribution in [2.24, 2.45) is 11.5 Å². The summed E-state index contributed by atoms with van der Waals surface area (Å²) in [4.78, 5) is 31.2. The van der Waals surface area contributed by atoms with Crippen LogP contribution in [0.5, 0.6) is 5.75 Å². The molecule has 2 aromatic rings. The summed E-state index contributed by atoms with van der Waals surface area (Å²) in [6, 6.07) is 8.15. The maximum absolute atomic E-state index is 11.6. The highest BCUT2D eigenvalue weighted by Gasteiger charge is 2.17. The van der Waals surface area contributed by atoms with E-state index in [1.165, 1.54) is 18.9 Å². The lowest BCUT2D eigenvalue weighted by Gasteiger charge is -2.14. The maximum Gasteiger partial charge on any atom is 0.267 e. The van der Waals surface area contributed by atoms with Gasteiger partial charge in [0.05, 0.1) is 12.1 Å². The Morgan fingerprint density at radius 2 is 1.96 bits per heavy atom. The quantitative estimate of drug-likeness (QED) is 0.600. The van der Waals surface area contributed by atoms with Crippen molar-refractivity contribution in [1.29, 1.82) is 0 Å². The second-order valence-corrected chi connectivity index (χ2v) is 6.50. The van der Waals surface area contributed by atoms with Crippen molar-refractivity contribution in [1.82, 2.24) is 9.97 Å². The zero-order valence-corrected chi connectivity index (χ0v) is 14.9. The molecule has 8 nitrogen and oxygen atoms in total. The number of aromatic nitrogens is 2. The number of aldehydes is 1. The summed E-state index contributed by atoms with van der Waals surface area (Å²) in [7, 11) is 0. The van der Waals surface area contributed by atoms with Gasteiger partial charge in [0.1, 0.15) is 23.5 Å². The van der Waals surface area contributed by atoms with Crippen molar-refractivity contribution in [2.45, 2.75) is 37.8 Å². The zero-order chi connectivity index (χ0) is 19.2. The number of nitrogens with two attached hydrogens (primary N) is 2.